The number of rotatable bonds is 6. The minimum atomic E-state index is 0.336. The molecule has 1 N–H and O–H groups in total. The molecule has 144 valence electrons. The van der Waals surface area contributed by atoms with Crippen LogP contribution in [0.1, 0.15) is 22.6 Å². The van der Waals surface area contributed by atoms with Crippen molar-refractivity contribution in [3.8, 4) is 5.75 Å². The quantitative estimate of drug-likeness (QED) is 0.698. The van der Waals surface area contributed by atoms with E-state index in [0.717, 1.165) is 31.9 Å². The van der Waals surface area contributed by atoms with Gasteiger partial charge in [-0.15, -0.1) is 0 Å². The van der Waals surface area contributed by atoms with Gasteiger partial charge in [-0.1, -0.05) is 78.9 Å². The summed E-state index contributed by atoms with van der Waals surface area (Å²) in [5, 5.41) is 3.79. The third-order valence-electron chi connectivity index (χ3n) is 5.60. The molecule has 0 aromatic heterocycles. The van der Waals surface area contributed by atoms with Crippen LogP contribution in [-0.4, -0.2) is 37.7 Å². The number of ether oxygens (including phenoxy) is 1. The van der Waals surface area contributed by atoms with Gasteiger partial charge in [0.2, 0.25) is 0 Å². The van der Waals surface area contributed by atoms with E-state index in [1.807, 2.05) is 12.1 Å². The lowest BCUT2D eigenvalue weighted by Crippen LogP contribution is -2.52. The van der Waals surface area contributed by atoms with Crippen LogP contribution in [-0.2, 0) is 6.54 Å². The van der Waals surface area contributed by atoms with Gasteiger partial charge in [0, 0.05) is 43.7 Å². The van der Waals surface area contributed by atoms with Crippen molar-refractivity contribution in [1.82, 2.24) is 10.2 Å². The van der Waals surface area contributed by atoms with Gasteiger partial charge in [0.15, 0.2) is 0 Å². The standard InChI is InChI=1S/C25H28N2O/c1-28-24-15-9-8-14-22(24)18-27-17-16-26-23(19-27)25(20-10-4-2-5-11-20)21-12-6-3-7-13-21/h2-15,23,25-26H,16-19H2,1H3/t23-/m1/s1. The van der Waals surface area contributed by atoms with E-state index in [2.05, 4.69) is 83.0 Å². The van der Waals surface area contributed by atoms with Crippen molar-refractivity contribution in [2.24, 2.45) is 0 Å². The number of nitrogens with zero attached hydrogens (tertiary/aromatic N) is 1. The molecule has 0 radical (unpaired) electrons. The zero-order valence-corrected chi connectivity index (χ0v) is 16.4. The molecule has 28 heavy (non-hydrogen) atoms. The van der Waals surface area contributed by atoms with Crippen molar-refractivity contribution >= 4 is 0 Å². The minimum absolute atomic E-state index is 0.336. The van der Waals surface area contributed by atoms with Crippen LogP contribution in [0.4, 0.5) is 0 Å². The zero-order valence-electron chi connectivity index (χ0n) is 16.4. The van der Waals surface area contributed by atoms with Crippen LogP contribution in [0.15, 0.2) is 84.9 Å². The van der Waals surface area contributed by atoms with Crippen LogP contribution in [0.3, 0.4) is 0 Å². The van der Waals surface area contributed by atoms with Gasteiger partial charge < -0.3 is 10.1 Å². The van der Waals surface area contributed by atoms with Crippen molar-refractivity contribution in [2.75, 3.05) is 26.7 Å². The van der Waals surface area contributed by atoms with E-state index >= 15 is 0 Å². The lowest BCUT2D eigenvalue weighted by atomic mass is 9.84. The summed E-state index contributed by atoms with van der Waals surface area (Å²) in [7, 11) is 1.75. The first kappa shape index (κ1) is 18.7. The number of hydrogen-bond acceptors (Lipinski definition) is 3. The monoisotopic (exact) mass is 372 g/mol. The second-order valence-corrected chi connectivity index (χ2v) is 7.41. The first-order valence-corrected chi connectivity index (χ1v) is 10.0. The Bertz CT molecular complexity index is 826. The second-order valence-electron chi connectivity index (χ2n) is 7.41. The SMILES string of the molecule is COc1ccccc1CN1CCN[C@@H](C(c2ccccc2)c2ccccc2)C1. The number of methoxy groups -OCH3 is 1. The maximum absolute atomic E-state index is 5.56. The molecule has 1 atom stereocenters. The fraction of sp³-hybridized carbons (Fsp3) is 0.280. The van der Waals surface area contributed by atoms with E-state index in [-0.39, 0.29) is 0 Å². The fourth-order valence-corrected chi connectivity index (χ4v) is 4.26. The Morgan fingerprint density at radius 3 is 2.14 bits per heavy atom. The Labute approximate surface area is 168 Å². The third kappa shape index (κ3) is 4.27. The lowest BCUT2D eigenvalue weighted by molar-refractivity contribution is 0.182. The summed E-state index contributed by atoms with van der Waals surface area (Å²) in [6, 6.07) is 30.4. The molecule has 3 aromatic rings. The normalized spacial score (nSPS) is 17.6. The molecule has 1 saturated heterocycles. The minimum Gasteiger partial charge on any atom is -0.496 e. The smallest absolute Gasteiger partial charge is 0.123 e. The zero-order chi connectivity index (χ0) is 19.2. The van der Waals surface area contributed by atoms with Crippen molar-refractivity contribution in [2.45, 2.75) is 18.5 Å². The summed E-state index contributed by atoms with van der Waals surface area (Å²) in [5.74, 6) is 1.31. The largest absolute Gasteiger partial charge is 0.496 e. The van der Waals surface area contributed by atoms with E-state index < -0.39 is 0 Å². The summed E-state index contributed by atoms with van der Waals surface area (Å²) in [6.07, 6.45) is 0. The van der Waals surface area contributed by atoms with Crippen LogP contribution in [0, 0.1) is 0 Å². The van der Waals surface area contributed by atoms with Gasteiger partial charge in [0.1, 0.15) is 5.75 Å². The fourth-order valence-electron chi connectivity index (χ4n) is 4.26. The van der Waals surface area contributed by atoms with E-state index in [0.29, 0.717) is 12.0 Å². The molecule has 3 nitrogen and oxygen atoms in total. The molecule has 1 heterocycles. The van der Waals surface area contributed by atoms with Gasteiger partial charge in [-0.05, 0) is 17.2 Å². The molecule has 0 unspecified atom stereocenters. The highest BCUT2D eigenvalue weighted by Crippen LogP contribution is 2.30. The second kappa shape index (κ2) is 9.05. The van der Waals surface area contributed by atoms with Gasteiger partial charge in [0.25, 0.3) is 0 Å². The van der Waals surface area contributed by atoms with E-state index in [1.54, 1.807) is 7.11 Å². The predicted molar refractivity (Wildman–Crippen MR) is 115 cm³/mol. The van der Waals surface area contributed by atoms with Crippen LogP contribution in [0.2, 0.25) is 0 Å². The van der Waals surface area contributed by atoms with Crippen molar-refractivity contribution < 1.29 is 4.74 Å². The summed E-state index contributed by atoms with van der Waals surface area (Å²) in [6.45, 7) is 3.96. The highest BCUT2D eigenvalue weighted by atomic mass is 16.5. The Morgan fingerprint density at radius 1 is 0.893 bits per heavy atom. The first-order chi connectivity index (χ1) is 13.8. The first-order valence-electron chi connectivity index (χ1n) is 10.0. The number of benzene rings is 3. The average molecular weight is 373 g/mol. The Kier molecular flexibility index (Phi) is 6.05. The topological polar surface area (TPSA) is 24.5 Å². The maximum atomic E-state index is 5.56. The number of para-hydroxylation sites is 1. The number of piperazine rings is 1. The number of hydrogen-bond donors (Lipinski definition) is 1. The highest BCUT2D eigenvalue weighted by Gasteiger charge is 2.29. The van der Waals surface area contributed by atoms with Crippen LogP contribution in [0.25, 0.3) is 0 Å². The van der Waals surface area contributed by atoms with Gasteiger partial charge in [-0.25, -0.2) is 0 Å². The average Bonchev–Trinajstić information content (AvgIpc) is 2.76. The lowest BCUT2D eigenvalue weighted by Gasteiger charge is -2.38. The van der Waals surface area contributed by atoms with Crippen molar-refractivity contribution in [1.29, 1.82) is 0 Å². The Hall–Kier alpha value is -2.62. The van der Waals surface area contributed by atoms with Gasteiger partial charge in [-0.2, -0.15) is 0 Å². The molecule has 0 saturated carbocycles. The summed E-state index contributed by atoms with van der Waals surface area (Å²) >= 11 is 0. The molecule has 4 rings (SSSR count). The number of nitrogens with one attached hydrogen (secondary N) is 1. The molecule has 0 amide bonds. The van der Waals surface area contributed by atoms with Crippen LogP contribution in [0.5, 0.6) is 5.75 Å². The Balaban J connectivity index is 1.57. The van der Waals surface area contributed by atoms with Crippen LogP contribution >= 0.6 is 0 Å². The molecule has 0 bridgehead atoms. The van der Waals surface area contributed by atoms with E-state index in [9.17, 15) is 0 Å². The predicted octanol–water partition coefficient (Wildman–Crippen LogP) is 4.30. The maximum Gasteiger partial charge on any atom is 0.123 e. The van der Waals surface area contributed by atoms with Gasteiger partial charge in [0.05, 0.1) is 7.11 Å². The summed E-state index contributed by atoms with van der Waals surface area (Å²) in [5.41, 5.74) is 3.98. The molecule has 0 spiro atoms. The van der Waals surface area contributed by atoms with Crippen molar-refractivity contribution in [3.63, 3.8) is 0 Å². The molecular weight excluding hydrogens is 344 g/mol. The molecule has 1 fully saturated rings. The molecule has 1 aliphatic rings. The molecule has 3 aromatic carbocycles. The van der Waals surface area contributed by atoms with Crippen molar-refractivity contribution in [3.05, 3.63) is 102 Å². The van der Waals surface area contributed by atoms with Gasteiger partial charge >= 0.3 is 0 Å². The summed E-state index contributed by atoms with van der Waals surface area (Å²) in [4.78, 5) is 2.54. The van der Waals surface area contributed by atoms with Crippen LogP contribution < -0.4 is 10.1 Å². The Morgan fingerprint density at radius 2 is 1.50 bits per heavy atom. The summed E-state index contributed by atoms with van der Waals surface area (Å²) < 4.78 is 5.56. The molecule has 1 aliphatic heterocycles. The molecular formula is C25H28N2O. The van der Waals surface area contributed by atoms with Gasteiger partial charge in [-0.3, -0.25) is 4.90 Å². The van der Waals surface area contributed by atoms with E-state index in [4.69, 9.17) is 4.74 Å². The molecule has 3 heteroatoms. The third-order valence-corrected chi connectivity index (χ3v) is 5.60. The molecule has 0 aliphatic carbocycles. The highest BCUT2D eigenvalue weighted by molar-refractivity contribution is 5.35. The van der Waals surface area contributed by atoms with E-state index in [1.165, 1.54) is 16.7 Å².